The molecule has 0 spiro atoms. The number of carbonyl (C=O) groups is 2. The number of rotatable bonds is 3. The summed E-state index contributed by atoms with van der Waals surface area (Å²) in [6, 6.07) is 1.62. The molecule has 5 nitrogen and oxygen atoms in total. The molecule has 0 unspecified atom stereocenters. The van der Waals surface area contributed by atoms with Crippen molar-refractivity contribution >= 4 is 44.1 Å². The lowest BCUT2D eigenvalue weighted by molar-refractivity contribution is 0.0697. The number of carbonyl (C=O) groups excluding carboxylic acids is 1. The van der Waals surface area contributed by atoms with Crippen LogP contribution in [0.15, 0.2) is 22.9 Å². The zero-order valence-corrected chi connectivity index (χ0v) is 13.1. The second kappa shape index (κ2) is 5.72. The van der Waals surface area contributed by atoms with E-state index in [0.29, 0.717) is 20.6 Å². The second-order valence-electron chi connectivity index (χ2n) is 4.14. The molecule has 104 valence electrons. The number of hydrogen-bond acceptors (Lipinski definition) is 4. The minimum atomic E-state index is -1.05. The Bertz CT molecular complexity index is 697. The van der Waals surface area contributed by atoms with Gasteiger partial charge < -0.3 is 10.4 Å². The Kier molecular flexibility index (Phi) is 4.20. The van der Waals surface area contributed by atoms with Crippen LogP contribution < -0.4 is 5.32 Å². The number of thiophene rings is 1. The van der Waals surface area contributed by atoms with E-state index in [1.807, 2.05) is 6.92 Å². The highest BCUT2D eigenvalue weighted by Crippen LogP contribution is 2.32. The van der Waals surface area contributed by atoms with Crippen LogP contribution in [0.4, 0.5) is 5.00 Å². The third kappa shape index (κ3) is 2.88. The topological polar surface area (TPSA) is 79.3 Å². The number of nitrogens with one attached hydrogen (secondary N) is 1. The van der Waals surface area contributed by atoms with Crippen molar-refractivity contribution in [3.63, 3.8) is 0 Å². The third-order valence-electron chi connectivity index (χ3n) is 2.79. The highest BCUT2D eigenvalue weighted by molar-refractivity contribution is 9.10. The Balaban J connectivity index is 2.33. The van der Waals surface area contributed by atoms with Gasteiger partial charge in [0.2, 0.25) is 0 Å². The van der Waals surface area contributed by atoms with Crippen LogP contribution in [0.2, 0.25) is 0 Å². The minimum absolute atomic E-state index is 0.142. The molecule has 2 aromatic rings. The van der Waals surface area contributed by atoms with Gasteiger partial charge in [-0.15, -0.1) is 11.3 Å². The van der Waals surface area contributed by atoms with Crippen molar-refractivity contribution in [1.29, 1.82) is 0 Å². The summed E-state index contributed by atoms with van der Waals surface area (Å²) < 4.78 is 0.683. The van der Waals surface area contributed by atoms with Gasteiger partial charge in [0.05, 0.1) is 11.1 Å². The zero-order chi connectivity index (χ0) is 14.9. The molecule has 1 amide bonds. The largest absolute Gasteiger partial charge is 0.478 e. The number of carboxylic acids is 1. The molecule has 2 rings (SSSR count). The molecular weight excluding hydrogens is 344 g/mol. The van der Waals surface area contributed by atoms with Gasteiger partial charge in [0.1, 0.15) is 5.00 Å². The summed E-state index contributed by atoms with van der Waals surface area (Å²) in [5.74, 6) is -1.43. The lowest BCUT2D eigenvalue weighted by Gasteiger charge is -2.04. The van der Waals surface area contributed by atoms with E-state index < -0.39 is 5.97 Å². The van der Waals surface area contributed by atoms with Crippen LogP contribution in [-0.2, 0) is 0 Å². The molecule has 0 bridgehead atoms. The summed E-state index contributed by atoms with van der Waals surface area (Å²) in [6.07, 6.45) is 2.99. The lowest BCUT2D eigenvalue weighted by atomic mass is 10.1. The molecule has 20 heavy (non-hydrogen) atoms. The van der Waals surface area contributed by atoms with Crippen LogP contribution in [0, 0.1) is 13.8 Å². The number of nitrogens with zero attached hydrogens (tertiary/aromatic N) is 1. The number of aromatic carboxylic acids is 1. The van der Waals surface area contributed by atoms with E-state index in [0.717, 1.165) is 4.88 Å². The zero-order valence-electron chi connectivity index (χ0n) is 10.7. The van der Waals surface area contributed by atoms with Crippen LogP contribution in [0.5, 0.6) is 0 Å². The van der Waals surface area contributed by atoms with Crippen molar-refractivity contribution in [2.45, 2.75) is 13.8 Å². The number of anilines is 1. The maximum Gasteiger partial charge on any atom is 0.338 e. The molecule has 0 fully saturated rings. The van der Waals surface area contributed by atoms with E-state index in [-0.39, 0.29) is 11.5 Å². The summed E-state index contributed by atoms with van der Waals surface area (Å²) in [5, 5.41) is 12.2. The molecule has 2 aromatic heterocycles. The Labute approximate surface area is 127 Å². The van der Waals surface area contributed by atoms with Gasteiger partial charge in [-0.25, -0.2) is 4.79 Å². The molecule has 0 aromatic carbocycles. The molecule has 0 aliphatic heterocycles. The first-order valence-electron chi connectivity index (χ1n) is 5.65. The molecule has 0 radical (unpaired) electrons. The first kappa shape index (κ1) is 14.7. The molecule has 0 aliphatic carbocycles. The van der Waals surface area contributed by atoms with E-state index in [1.54, 1.807) is 19.2 Å². The van der Waals surface area contributed by atoms with E-state index in [4.69, 9.17) is 0 Å². The van der Waals surface area contributed by atoms with Gasteiger partial charge in [-0.2, -0.15) is 0 Å². The Morgan fingerprint density at radius 3 is 2.65 bits per heavy atom. The highest BCUT2D eigenvalue weighted by atomic mass is 79.9. The molecule has 7 heteroatoms. The maximum atomic E-state index is 12.1. The monoisotopic (exact) mass is 354 g/mol. The number of amides is 1. The van der Waals surface area contributed by atoms with Crippen molar-refractivity contribution in [2.75, 3.05) is 5.32 Å². The molecule has 0 atom stereocenters. The molecule has 2 heterocycles. The van der Waals surface area contributed by atoms with Crippen molar-refractivity contribution in [3.05, 3.63) is 44.5 Å². The minimum Gasteiger partial charge on any atom is -0.478 e. The van der Waals surface area contributed by atoms with Gasteiger partial charge in [0.15, 0.2) is 0 Å². The van der Waals surface area contributed by atoms with Crippen molar-refractivity contribution in [1.82, 2.24) is 4.98 Å². The number of aryl methyl sites for hydroxylation is 1. The summed E-state index contributed by atoms with van der Waals surface area (Å²) in [5.41, 5.74) is 1.17. The van der Waals surface area contributed by atoms with Crippen LogP contribution in [0.25, 0.3) is 0 Å². The van der Waals surface area contributed by atoms with Crippen molar-refractivity contribution in [2.24, 2.45) is 0 Å². The summed E-state index contributed by atoms with van der Waals surface area (Å²) >= 11 is 4.49. The van der Waals surface area contributed by atoms with Crippen LogP contribution in [0.1, 0.15) is 31.2 Å². The molecule has 0 aliphatic rings. The Morgan fingerprint density at radius 1 is 1.35 bits per heavy atom. The van der Waals surface area contributed by atoms with E-state index in [1.165, 1.54) is 17.5 Å². The second-order valence-corrected chi connectivity index (χ2v) is 6.28. The number of aromatic nitrogens is 1. The third-order valence-corrected chi connectivity index (χ3v) is 4.35. The van der Waals surface area contributed by atoms with Crippen LogP contribution in [-0.4, -0.2) is 22.0 Å². The first-order chi connectivity index (χ1) is 9.40. The van der Waals surface area contributed by atoms with Gasteiger partial charge in [-0.3, -0.25) is 9.78 Å². The Hall–Kier alpha value is -1.73. The van der Waals surface area contributed by atoms with Gasteiger partial charge in [-0.05, 0) is 41.4 Å². The maximum absolute atomic E-state index is 12.1. The quantitative estimate of drug-likeness (QED) is 0.884. The van der Waals surface area contributed by atoms with Gasteiger partial charge in [0.25, 0.3) is 5.91 Å². The van der Waals surface area contributed by atoms with Gasteiger partial charge in [0, 0.05) is 21.7 Å². The highest BCUT2D eigenvalue weighted by Gasteiger charge is 2.20. The fourth-order valence-electron chi connectivity index (χ4n) is 1.68. The molecule has 0 saturated carbocycles. The number of hydrogen-bond donors (Lipinski definition) is 2. The average molecular weight is 355 g/mol. The number of pyridine rings is 1. The van der Waals surface area contributed by atoms with Crippen LogP contribution >= 0.6 is 27.3 Å². The Morgan fingerprint density at radius 2 is 2.05 bits per heavy atom. The predicted molar refractivity (Wildman–Crippen MR) is 80.6 cm³/mol. The predicted octanol–water partition coefficient (Wildman–Crippen LogP) is 3.47. The van der Waals surface area contributed by atoms with Gasteiger partial charge in [-0.1, -0.05) is 0 Å². The first-order valence-corrected chi connectivity index (χ1v) is 7.26. The summed E-state index contributed by atoms with van der Waals surface area (Å²) in [4.78, 5) is 28.1. The standard InChI is InChI=1S/C13H11BrN2O3S/c1-6-7(2)20-12(10(6)13(18)19)16-11(17)8-3-9(14)5-15-4-8/h3-5H,1-2H3,(H,16,17)(H,18,19). The van der Waals surface area contributed by atoms with E-state index in [9.17, 15) is 14.7 Å². The molecule has 2 N–H and O–H groups in total. The summed E-state index contributed by atoms with van der Waals surface area (Å²) in [7, 11) is 0. The molecular formula is C13H11BrN2O3S. The normalized spacial score (nSPS) is 10.3. The van der Waals surface area contributed by atoms with Gasteiger partial charge >= 0.3 is 5.97 Å². The average Bonchev–Trinajstić information content (AvgIpc) is 2.64. The SMILES string of the molecule is Cc1sc(NC(=O)c2cncc(Br)c2)c(C(=O)O)c1C. The number of halogens is 1. The number of carboxylic acid groups (broad SMARTS) is 1. The fraction of sp³-hybridized carbons (Fsp3) is 0.154. The van der Waals surface area contributed by atoms with Crippen molar-refractivity contribution < 1.29 is 14.7 Å². The lowest BCUT2D eigenvalue weighted by Crippen LogP contribution is -2.13. The fourth-order valence-corrected chi connectivity index (χ4v) is 3.10. The smallest absolute Gasteiger partial charge is 0.338 e. The van der Waals surface area contributed by atoms with Crippen molar-refractivity contribution in [3.8, 4) is 0 Å². The summed E-state index contributed by atoms with van der Waals surface area (Å²) in [6.45, 7) is 3.55. The van der Waals surface area contributed by atoms with Crippen LogP contribution in [0.3, 0.4) is 0 Å². The molecule has 0 saturated heterocycles. The van der Waals surface area contributed by atoms with E-state index in [2.05, 4.69) is 26.2 Å². The van der Waals surface area contributed by atoms with E-state index >= 15 is 0 Å².